The Bertz CT molecular complexity index is 1220. The number of rotatable bonds is 6. The highest BCUT2D eigenvalue weighted by atomic mass is 35.5. The van der Waals surface area contributed by atoms with Gasteiger partial charge in [0.15, 0.2) is 5.69 Å². The lowest BCUT2D eigenvalue weighted by atomic mass is 10.0. The van der Waals surface area contributed by atoms with E-state index in [2.05, 4.69) is 25.6 Å². The molecule has 1 aromatic carbocycles. The summed E-state index contributed by atoms with van der Waals surface area (Å²) in [4.78, 5) is 24.2. The molecule has 1 amide bonds. The van der Waals surface area contributed by atoms with Crippen molar-refractivity contribution in [1.82, 2.24) is 20.3 Å². The van der Waals surface area contributed by atoms with Gasteiger partial charge in [0.05, 0.1) is 35.3 Å². The van der Waals surface area contributed by atoms with Gasteiger partial charge >= 0.3 is 6.18 Å². The summed E-state index contributed by atoms with van der Waals surface area (Å²) in [5.41, 5.74) is 0.725. The maximum absolute atomic E-state index is 14.3. The highest BCUT2D eigenvalue weighted by molar-refractivity contribution is 6.07. The average molecular weight is 517 g/mol. The van der Waals surface area contributed by atoms with Gasteiger partial charge in [-0.25, -0.2) is 18.7 Å². The number of alkyl halides is 3. The first-order chi connectivity index (χ1) is 16.1. The van der Waals surface area contributed by atoms with Crippen molar-refractivity contribution in [2.75, 3.05) is 30.7 Å². The maximum Gasteiger partial charge on any atom is 0.418 e. The first-order valence-electron chi connectivity index (χ1n) is 9.92. The van der Waals surface area contributed by atoms with Crippen LogP contribution >= 0.6 is 12.4 Å². The SMILES string of the molecule is Cl.Nc1cc(C(F)(F)F)c(-c2c(F)cccc2F)nc1C(=O)Nc1cncnc1OCC1CNC1. The summed E-state index contributed by atoms with van der Waals surface area (Å²) >= 11 is 0. The highest BCUT2D eigenvalue weighted by Gasteiger charge is 2.37. The van der Waals surface area contributed by atoms with Crippen molar-refractivity contribution in [3.63, 3.8) is 0 Å². The van der Waals surface area contributed by atoms with Crippen LogP contribution in [0.1, 0.15) is 16.1 Å². The van der Waals surface area contributed by atoms with Crippen molar-refractivity contribution in [3.8, 4) is 17.1 Å². The number of nitrogens with two attached hydrogens (primary N) is 1. The van der Waals surface area contributed by atoms with Gasteiger partial charge in [0.25, 0.3) is 5.91 Å². The van der Waals surface area contributed by atoms with Crippen LogP contribution in [0.15, 0.2) is 36.8 Å². The number of halogens is 6. The molecule has 3 aromatic rings. The van der Waals surface area contributed by atoms with E-state index in [1.54, 1.807) is 0 Å². The van der Waals surface area contributed by atoms with E-state index < -0.39 is 51.9 Å². The number of nitrogen functional groups attached to an aromatic ring is 1. The molecule has 0 spiro atoms. The Labute approximate surface area is 201 Å². The number of hydrogen-bond donors (Lipinski definition) is 3. The fourth-order valence-electron chi connectivity index (χ4n) is 3.21. The van der Waals surface area contributed by atoms with Gasteiger partial charge in [0.2, 0.25) is 5.88 Å². The van der Waals surface area contributed by atoms with Crippen molar-refractivity contribution in [2.24, 2.45) is 5.92 Å². The summed E-state index contributed by atoms with van der Waals surface area (Å²) < 4.78 is 75.0. The summed E-state index contributed by atoms with van der Waals surface area (Å²) in [6.45, 7) is 1.83. The average Bonchev–Trinajstić information content (AvgIpc) is 2.73. The van der Waals surface area contributed by atoms with Crippen molar-refractivity contribution >= 4 is 29.7 Å². The predicted octanol–water partition coefficient (Wildman–Crippen LogP) is 3.69. The Hall–Kier alpha value is -3.58. The molecule has 0 atom stereocenters. The minimum Gasteiger partial charge on any atom is -0.476 e. The van der Waals surface area contributed by atoms with Crippen LogP contribution in [0.2, 0.25) is 0 Å². The molecule has 1 fully saturated rings. The van der Waals surface area contributed by atoms with Crippen LogP contribution in [-0.2, 0) is 6.18 Å². The van der Waals surface area contributed by atoms with E-state index in [0.29, 0.717) is 12.7 Å². The number of carbonyl (C=O) groups is 1. The summed E-state index contributed by atoms with van der Waals surface area (Å²) in [5.74, 6) is -3.34. The van der Waals surface area contributed by atoms with Crippen molar-refractivity contribution in [2.45, 2.75) is 6.18 Å². The molecule has 186 valence electrons. The maximum atomic E-state index is 14.3. The third kappa shape index (κ3) is 5.57. The Kier molecular flexibility index (Phi) is 7.70. The van der Waals surface area contributed by atoms with Gasteiger partial charge < -0.3 is 21.1 Å². The largest absolute Gasteiger partial charge is 0.476 e. The van der Waals surface area contributed by atoms with E-state index in [0.717, 1.165) is 31.3 Å². The zero-order chi connectivity index (χ0) is 24.5. The summed E-state index contributed by atoms with van der Waals surface area (Å²) in [6.07, 6.45) is -2.64. The van der Waals surface area contributed by atoms with Gasteiger partial charge in [-0.3, -0.25) is 4.79 Å². The molecule has 1 aliphatic rings. The van der Waals surface area contributed by atoms with Crippen LogP contribution in [0.3, 0.4) is 0 Å². The second kappa shape index (κ2) is 10.4. The Balaban J connectivity index is 0.00000342. The molecule has 4 rings (SSSR count). The lowest BCUT2D eigenvalue weighted by Crippen LogP contribution is -2.45. The van der Waals surface area contributed by atoms with Crippen LogP contribution in [0.25, 0.3) is 11.3 Å². The number of amides is 1. The molecule has 1 saturated heterocycles. The normalized spacial score (nSPS) is 13.5. The number of ether oxygens (including phenoxy) is 1. The number of carbonyl (C=O) groups excluding carboxylic acids is 1. The molecule has 1 aliphatic heterocycles. The molecular formula is C21H18ClF5N6O2. The van der Waals surface area contributed by atoms with Crippen molar-refractivity contribution < 1.29 is 31.5 Å². The topological polar surface area (TPSA) is 115 Å². The zero-order valence-corrected chi connectivity index (χ0v) is 18.5. The van der Waals surface area contributed by atoms with E-state index in [4.69, 9.17) is 10.5 Å². The number of benzene rings is 1. The molecule has 3 heterocycles. The van der Waals surface area contributed by atoms with Gasteiger partial charge in [-0.15, -0.1) is 12.4 Å². The van der Waals surface area contributed by atoms with Gasteiger partial charge in [-0.05, 0) is 18.2 Å². The first-order valence-corrected chi connectivity index (χ1v) is 9.92. The van der Waals surface area contributed by atoms with Crippen LogP contribution in [0.5, 0.6) is 5.88 Å². The summed E-state index contributed by atoms with van der Waals surface area (Å²) in [7, 11) is 0. The van der Waals surface area contributed by atoms with Crippen molar-refractivity contribution in [1.29, 1.82) is 0 Å². The van der Waals surface area contributed by atoms with Gasteiger partial charge in [0, 0.05) is 19.0 Å². The van der Waals surface area contributed by atoms with Crippen LogP contribution < -0.4 is 21.1 Å². The van der Waals surface area contributed by atoms with E-state index in [-0.39, 0.29) is 29.9 Å². The monoisotopic (exact) mass is 516 g/mol. The predicted molar refractivity (Wildman–Crippen MR) is 118 cm³/mol. The number of hydrogen-bond acceptors (Lipinski definition) is 7. The number of aromatic nitrogens is 3. The van der Waals surface area contributed by atoms with E-state index in [1.807, 2.05) is 0 Å². The number of nitrogens with one attached hydrogen (secondary N) is 2. The lowest BCUT2D eigenvalue weighted by Gasteiger charge is -2.26. The fourth-order valence-corrected chi connectivity index (χ4v) is 3.21. The molecule has 2 aromatic heterocycles. The quantitative estimate of drug-likeness (QED) is 0.428. The van der Waals surface area contributed by atoms with Gasteiger partial charge in [-0.2, -0.15) is 18.2 Å². The molecular weight excluding hydrogens is 499 g/mol. The van der Waals surface area contributed by atoms with Crippen LogP contribution in [0, 0.1) is 17.6 Å². The molecule has 0 radical (unpaired) electrons. The van der Waals surface area contributed by atoms with E-state index in [9.17, 15) is 26.7 Å². The minimum atomic E-state index is -5.05. The van der Waals surface area contributed by atoms with Crippen molar-refractivity contribution in [3.05, 3.63) is 59.7 Å². The number of pyridine rings is 1. The summed E-state index contributed by atoms with van der Waals surface area (Å²) in [5, 5.41) is 5.45. The van der Waals surface area contributed by atoms with Crippen LogP contribution in [0.4, 0.5) is 33.3 Å². The first kappa shape index (κ1) is 26.0. The molecule has 0 aliphatic carbocycles. The summed E-state index contributed by atoms with van der Waals surface area (Å²) in [6, 6.07) is 2.95. The van der Waals surface area contributed by atoms with Gasteiger partial charge in [-0.1, -0.05) is 6.07 Å². The molecule has 8 nitrogen and oxygen atoms in total. The number of anilines is 2. The third-order valence-electron chi connectivity index (χ3n) is 5.02. The Morgan fingerprint density at radius 2 is 1.91 bits per heavy atom. The number of nitrogens with zero attached hydrogens (tertiary/aromatic N) is 3. The molecule has 14 heteroatoms. The van der Waals surface area contributed by atoms with Crippen LogP contribution in [-0.4, -0.2) is 40.6 Å². The Morgan fingerprint density at radius 1 is 1.23 bits per heavy atom. The van der Waals surface area contributed by atoms with E-state index in [1.165, 1.54) is 12.5 Å². The third-order valence-corrected chi connectivity index (χ3v) is 5.02. The second-order valence-corrected chi connectivity index (χ2v) is 7.45. The molecule has 0 saturated carbocycles. The standard InChI is InChI=1S/C21H17F5N6O2.ClH/c22-12-2-1-3-13(23)16(12)17-11(21(24,25)26)4-14(27)18(32-17)19(33)31-15-7-29-9-30-20(15)34-8-10-5-28-6-10;/h1-4,7,9-10,28H,5-6,8,27H2,(H,31,33);1H. The van der Waals surface area contributed by atoms with Gasteiger partial charge in [0.1, 0.15) is 23.6 Å². The smallest absolute Gasteiger partial charge is 0.418 e. The molecule has 35 heavy (non-hydrogen) atoms. The highest BCUT2D eigenvalue weighted by Crippen LogP contribution is 2.39. The molecule has 4 N–H and O–H groups in total. The second-order valence-electron chi connectivity index (χ2n) is 7.45. The minimum absolute atomic E-state index is 0. The molecule has 0 bridgehead atoms. The fraction of sp³-hybridized carbons (Fsp3) is 0.238. The molecule has 0 unspecified atom stereocenters. The Morgan fingerprint density at radius 3 is 2.51 bits per heavy atom. The zero-order valence-electron chi connectivity index (χ0n) is 17.7. The lowest BCUT2D eigenvalue weighted by molar-refractivity contribution is -0.137. The van der Waals surface area contributed by atoms with E-state index >= 15 is 0 Å².